The average molecular weight is 275 g/mol. The predicted molar refractivity (Wildman–Crippen MR) is 75.0 cm³/mol. The van der Waals surface area contributed by atoms with E-state index in [0.29, 0.717) is 0 Å². The van der Waals surface area contributed by atoms with Crippen LogP contribution in [0.15, 0.2) is 42.6 Å². The van der Waals surface area contributed by atoms with Crippen molar-refractivity contribution in [3.05, 3.63) is 54.2 Å². The van der Waals surface area contributed by atoms with E-state index in [2.05, 4.69) is 14.8 Å². The van der Waals surface area contributed by atoms with Crippen LogP contribution >= 0.6 is 0 Å². The molecule has 2 aromatic rings. The van der Waals surface area contributed by atoms with Gasteiger partial charge in [-0.15, -0.1) is 0 Å². The first-order valence-corrected chi connectivity index (χ1v) is 6.59. The highest BCUT2D eigenvalue weighted by molar-refractivity contribution is 5.49. The molecule has 1 aromatic carbocycles. The molecule has 1 saturated heterocycles. The molecule has 0 unspecified atom stereocenters. The van der Waals surface area contributed by atoms with E-state index in [9.17, 15) is 8.78 Å². The van der Waals surface area contributed by atoms with Crippen LogP contribution in [0.5, 0.6) is 0 Å². The second-order valence-corrected chi connectivity index (χ2v) is 4.79. The van der Waals surface area contributed by atoms with Crippen LogP contribution in [0.3, 0.4) is 0 Å². The largest absolute Gasteiger partial charge is 0.368 e. The Labute approximate surface area is 116 Å². The predicted octanol–water partition coefficient (Wildman–Crippen LogP) is 2.69. The lowest BCUT2D eigenvalue weighted by atomic mass is 10.2. The lowest BCUT2D eigenvalue weighted by Crippen LogP contribution is -2.46. The maximum atomic E-state index is 12.9. The maximum absolute atomic E-state index is 12.9. The van der Waals surface area contributed by atoms with Gasteiger partial charge in [-0.1, -0.05) is 0 Å². The number of nitrogens with zero attached hydrogens (tertiary/aromatic N) is 3. The van der Waals surface area contributed by atoms with Crippen molar-refractivity contribution in [2.75, 3.05) is 36.0 Å². The molecule has 0 atom stereocenters. The van der Waals surface area contributed by atoms with Crippen LogP contribution in [0.25, 0.3) is 0 Å². The van der Waals surface area contributed by atoms with Crippen molar-refractivity contribution >= 4 is 11.5 Å². The zero-order valence-electron chi connectivity index (χ0n) is 11.0. The Bertz CT molecular complexity index is 507. The first-order chi connectivity index (χ1) is 9.72. The van der Waals surface area contributed by atoms with Gasteiger partial charge in [-0.2, -0.15) is 0 Å². The molecule has 5 heteroatoms. The Kier molecular flexibility index (Phi) is 3.50. The topological polar surface area (TPSA) is 19.4 Å². The Hall–Kier alpha value is -2.17. The van der Waals surface area contributed by atoms with Crippen molar-refractivity contribution in [3.63, 3.8) is 0 Å². The first kappa shape index (κ1) is 12.8. The van der Waals surface area contributed by atoms with Gasteiger partial charge in [0.15, 0.2) is 0 Å². The lowest BCUT2D eigenvalue weighted by Gasteiger charge is -2.36. The fourth-order valence-corrected chi connectivity index (χ4v) is 2.40. The second kappa shape index (κ2) is 5.45. The van der Waals surface area contributed by atoms with Crippen molar-refractivity contribution < 1.29 is 8.78 Å². The fraction of sp³-hybridized carbons (Fsp3) is 0.267. The number of aromatic nitrogens is 1. The monoisotopic (exact) mass is 275 g/mol. The molecule has 0 spiro atoms. The number of rotatable bonds is 2. The molecule has 3 rings (SSSR count). The molecule has 0 amide bonds. The summed E-state index contributed by atoms with van der Waals surface area (Å²) >= 11 is 0. The summed E-state index contributed by atoms with van der Waals surface area (Å²) in [6, 6.07) is 9.66. The number of anilines is 2. The molecule has 104 valence electrons. The molecule has 3 nitrogen and oxygen atoms in total. The normalized spacial score (nSPS) is 15.5. The van der Waals surface area contributed by atoms with Gasteiger partial charge in [0, 0.05) is 31.9 Å². The zero-order chi connectivity index (χ0) is 13.9. The summed E-state index contributed by atoms with van der Waals surface area (Å²) < 4.78 is 25.8. The van der Waals surface area contributed by atoms with Gasteiger partial charge in [-0.25, -0.2) is 13.8 Å². The SMILES string of the molecule is Fc1ccc(N2CCN(c3ccc(F)cn3)CC2)cc1. The number of hydrogen-bond donors (Lipinski definition) is 0. The molecular formula is C15H15F2N3. The molecule has 0 bridgehead atoms. The lowest BCUT2D eigenvalue weighted by molar-refractivity contribution is 0.613. The minimum absolute atomic E-state index is 0.220. The average Bonchev–Trinajstić information content (AvgIpc) is 2.49. The highest BCUT2D eigenvalue weighted by Crippen LogP contribution is 2.19. The van der Waals surface area contributed by atoms with E-state index in [1.807, 2.05) is 0 Å². The molecule has 1 aromatic heterocycles. The molecule has 0 saturated carbocycles. The molecule has 0 N–H and O–H groups in total. The van der Waals surface area contributed by atoms with Gasteiger partial charge in [0.1, 0.15) is 17.5 Å². The Morgan fingerprint density at radius 3 is 1.95 bits per heavy atom. The van der Waals surface area contributed by atoms with E-state index < -0.39 is 0 Å². The van der Waals surface area contributed by atoms with Gasteiger partial charge in [0.25, 0.3) is 0 Å². The van der Waals surface area contributed by atoms with Crippen molar-refractivity contribution in [2.24, 2.45) is 0 Å². The van der Waals surface area contributed by atoms with Gasteiger partial charge < -0.3 is 9.80 Å². The number of halogens is 2. The van der Waals surface area contributed by atoms with Crippen LogP contribution in [-0.2, 0) is 0 Å². The van der Waals surface area contributed by atoms with Gasteiger partial charge in [-0.05, 0) is 36.4 Å². The number of piperazine rings is 1. The third-order valence-electron chi connectivity index (χ3n) is 3.51. The van der Waals surface area contributed by atoms with Crippen LogP contribution in [0.2, 0.25) is 0 Å². The van der Waals surface area contributed by atoms with Crippen molar-refractivity contribution in [2.45, 2.75) is 0 Å². The smallest absolute Gasteiger partial charge is 0.141 e. The summed E-state index contributed by atoms with van der Waals surface area (Å²) in [5.74, 6) is 0.256. The summed E-state index contributed by atoms with van der Waals surface area (Å²) in [5, 5.41) is 0. The number of pyridine rings is 1. The summed E-state index contributed by atoms with van der Waals surface area (Å²) in [6.07, 6.45) is 1.24. The molecule has 1 aliphatic rings. The fourth-order valence-electron chi connectivity index (χ4n) is 2.40. The zero-order valence-corrected chi connectivity index (χ0v) is 11.0. The van der Waals surface area contributed by atoms with E-state index in [1.165, 1.54) is 24.4 Å². The van der Waals surface area contributed by atoms with E-state index >= 15 is 0 Å². The molecule has 0 radical (unpaired) electrons. The van der Waals surface area contributed by atoms with Crippen molar-refractivity contribution in [1.29, 1.82) is 0 Å². The molecule has 2 heterocycles. The van der Waals surface area contributed by atoms with Crippen molar-refractivity contribution in [1.82, 2.24) is 4.98 Å². The van der Waals surface area contributed by atoms with Gasteiger partial charge in [-0.3, -0.25) is 0 Å². The summed E-state index contributed by atoms with van der Waals surface area (Å²) in [6.45, 7) is 3.31. The first-order valence-electron chi connectivity index (χ1n) is 6.59. The summed E-state index contributed by atoms with van der Waals surface area (Å²) in [4.78, 5) is 8.43. The van der Waals surface area contributed by atoms with Gasteiger partial charge >= 0.3 is 0 Å². The van der Waals surface area contributed by atoms with E-state index in [4.69, 9.17) is 0 Å². The van der Waals surface area contributed by atoms with Crippen LogP contribution < -0.4 is 9.80 Å². The molecule has 20 heavy (non-hydrogen) atoms. The molecular weight excluding hydrogens is 260 g/mol. The second-order valence-electron chi connectivity index (χ2n) is 4.79. The minimum atomic E-state index is -0.321. The van der Waals surface area contributed by atoms with Crippen LogP contribution in [0.4, 0.5) is 20.3 Å². The Morgan fingerprint density at radius 2 is 1.35 bits per heavy atom. The Balaban J connectivity index is 1.64. The number of hydrogen-bond acceptors (Lipinski definition) is 3. The Morgan fingerprint density at radius 1 is 0.750 bits per heavy atom. The maximum Gasteiger partial charge on any atom is 0.141 e. The molecule has 1 aliphatic heterocycles. The van der Waals surface area contributed by atoms with E-state index in [0.717, 1.165) is 37.7 Å². The highest BCUT2D eigenvalue weighted by Gasteiger charge is 2.18. The van der Waals surface area contributed by atoms with Crippen LogP contribution in [0, 0.1) is 11.6 Å². The third kappa shape index (κ3) is 2.71. The van der Waals surface area contributed by atoms with E-state index in [1.54, 1.807) is 18.2 Å². The molecule has 0 aliphatic carbocycles. The number of benzene rings is 1. The van der Waals surface area contributed by atoms with Gasteiger partial charge in [0.2, 0.25) is 0 Å². The summed E-state index contributed by atoms with van der Waals surface area (Å²) in [7, 11) is 0. The molecule has 1 fully saturated rings. The van der Waals surface area contributed by atoms with Crippen molar-refractivity contribution in [3.8, 4) is 0 Å². The van der Waals surface area contributed by atoms with E-state index in [-0.39, 0.29) is 11.6 Å². The van der Waals surface area contributed by atoms with Gasteiger partial charge in [0.05, 0.1) is 6.20 Å². The highest BCUT2D eigenvalue weighted by atomic mass is 19.1. The van der Waals surface area contributed by atoms with Crippen LogP contribution in [-0.4, -0.2) is 31.2 Å². The standard InChI is InChI=1S/C15H15F2N3/c16-12-1-4-14(5-2-12)19-7-9-20(10-8-19)15-6-3-13(17)11-18-15/h1-6,11H,7-10H2. The summed E-state index contributed by atoms with van der Waals surface area (Å²) in [5.41, 5.74) is 1.03. The minimum Gasteiger partial charge on any atom is -0.368 e. The quantitative estimate of drug-likeness (QED) is 0.840. The van der Waals surface area contributed by atoms with Crippen LogP contribution in [0.1, 0.15) is 0 Å². The third-order valence-corrected chi connectivity index (χ3v) is 3.51.